The molecule has 0 fully saturated rings. The maximum atomic E-state index is 5.50. The average molecular weight is 466 g/mol. The summed E-state index contributed by atoms with van der Waals surface area (Å²) in [6, 6.07) is 20.2. The van der Waals surface area contributed by atoms with E-state index in [0.29, 0.717) is 5.75 Å². The summed E-state index contributed by atoms with van der Waals surface area (Å²) in [4.78, 5) is 4.69. The molecule has 0 aliphatic carbocycles. The molecule has 3 heterocycles. The van der Waals surface area contributed by atoms with Gasteiger partial charge in [-0.15, -0.1) is 21.5 Å². The van der Waals surface area contributed by atoms with Gasteiger partial charge in [0.1, 0.15) is 5.82 Å². The highest BCUT2D eigenvalue weighted by atomic mass is 32.2. The number of thioether (sulfide) groups is 2. The fourth-order valence-corrected chi connectivity index (χ4v) is 6.06. The second kappa shape index (κ2) is 9.25. The first kappa shape index (κ1) is 20.3. The zero-order valence-electron chi connectivity index (χ0n) is 16.8. The summed E-state index contributed by atoms with van der Waals surface area (Å²) in [5.74, 6) is 3.16. The molecule has 0 unspecified atom stereocenters. The van der Waals surface area contributed by atoms with Crippen molar-refractivity contribution in [3.8, 4) is 11.3 Å². The Balaban J connectivity index is 1.24. The van der Waals surface area contributed by atoms with E-state index in [9.17, 15) is 0 Å². The highest BCUT2D eigenvalue weighted by molar-refractivity contribution is 8.00. The quantitative estimate of drug-likeness (QED) is 0.255. The largest absolute Gasteiger partial charge is 0.356 e. The molecule has 0 saturated heterocycles. The van der Waals surface area contributed by atoms with E-state index in [4.69, 9.17) is 9.51 Å². The molecule has 0 spiro atoms. The molecule has 31 heavy (non-hydrogen) atoms. The van der Waals surface area contributed by atoms with Crippen LogP contribution < -0.4 is 0 Å². The summed E-state index contributed by atoms with van der Waals surface area (Å²) in [7, 11) is 0. The summed E-state index contributed by atoms with van der Waals surface area (Å²) in [5, 5.41) is 13.9. The minimum Gasteiger partial charge on any atom is -0.356 e. The third kappa shape index (κ3) is 4.53. The van der Waals surface area contributed by atoms with Crippen LogP contribution in [0.15, 0.2) is 74.7 Å². The number of aromatic nitrogens is 5. The number of thiazole rings is 1. The lowest BCUT2D eigenvalue weighted by molar-refractivity contribution is 0.426. The average Bonchev–Trinajstić information content (AvgIpc) is 3.54. The van der Waals surface area contributed by atoms with Gasteiger partial charge in [0.2, 0.25) is 0 Å². The number of hydrogen-bond donors (Lipinski definition) is 0. The van der Waals surface area contributed by atoms with Crippen LogP contribution in [0, 0.1) is 0 Å². The van der Waals surface area contributed by atoms with E-state index >= 15 is 0 Å². The summed E-state index contributed by atoms with van der Waals surface area (Å²) in [6.45, 7) is 2.93. The van der Waals surface area contributed by atoms with Crippen molar-refractivity contribution in [1.82, 2.24) is 24.9 Å². The van der Waals surface area contributed by atoms with E-state index in [1.807, 2.05) is 54.6 Å². The Morgan fingerprint density at radius 2 is 1.81 bits per heavy atom. The molecule has 0 radical (unpaired) electrons. The van der Waals surface area contributed by atoms with Crippen LogP contribution in [0.5, 0.6) is 0 Å². The Morgan fingerprint density at radius 1 is 0.968 bits per heavy atom. The van der Waals surface area contributed by atoms with Crippen LogP contribution in [0.1, 0.15) is 18.4 Å². The van der Waals surface area contributed by atoms with Gasteiger partial charge < -0.3 is 9.09 Å². The van der Waals surface area contributed by atoms with Crippen LogP contribution in [-0.2, 0) is 18.1 Å². The molecule has 5 aromatic rings. The molecule has 0 saturated carbocycles. The zero-order valence-corrected chi connectivity index (χ0v) is 19.2. The van der Waals surface area contributed by atoms with Crippen LogP contribution >= 0.6 is 34.9 Å². The normalized spacial score (nSPS) is 11.4. The number of fused-ring (bicyclic) bond motifs is 1. The van der Waals surface area contributed by atoms with Gasteiger partial charge >= 0.3 is 0 Å². The van der Waals surface area contributed by atoms with Gasteiger partial charge in [0.05, 0.1) is 21.7 Å². The monoisotopic (exact) mass is 465 g/mol. The standard InChI is InChI=1S/C22H19N5OS3/c1-2-27-20(14-30-22-23-17-10-6-7-11-19(17)31-22)24-25-21(27)29-13-16-12-18(28-26-16)15-8-4-3-5-9-15/h3-12H,2,13-14H2,1H3. The number of nitrogens with zero attached hydrogens (tertiary/aromatic N) is 5. The Morgan fingerprint density at radius 3 is 2.65 bits per heavy atom. The smallest absolute Gasteiger partial charge is 0.191 e. The molecular weight excluding hydrogens is 446 g/mol. The molecule has 0 atom stereocenters. The van der Waals surface area contributed by atoms with Crippen molar-refractivity contribution in [2.45, 2.75) is 34.5 Å². The minimum absolute atomic E-state index is 0.680. The van der Waals surface area contributed by atoms with Gasteiger partial charge in [-0.1, -0.05) is 71.1 Å². The van der Waals surface area contributed by atoms with Crippen molar-refractivity contribution in [2.24, 2.45) is 0 Å². The molecule has 2 aromatic carbocycles. The van der Waals surface area contributed by atoms with Crippen LogP contribution in [0.3, 0.4) is 0 Å². The van der Waals surface area contributed by atoms with E-state index in [2.05, 4.69) is 32.9 Å². The van der Waals surface area contributed by atoms with E-state index in [1.165, 1.54) is 4.70 Å². The van der Waals surface area contributed by atoms with Crippen molar-refractivity contribution in [2.75, 3.05) is 0 Å². The summed E-state index contributed by atoms with van der Waals surface area (Å²) >= 11 is 5.04. The number of rotatable bonds is 8. The molecule has 0 bridgehead atoms. The van der Waals surface area contributed by atoms with Crippen molar-refractivity contribution in [3.05, 3.63) is 72.2 Å². The van der Waals surface area contributed by atoms with Crippen molar-refractivity contribution in [3.63, 3.8) is 0 Å². The van der Waals surface area contributed by atoms with Crippen molar-refractivity contribution >= 4 is 45.1 Å². The minimum atomic E-state index is 0.680. The molecule has 6 nitrogen and oxygen atoms in total. The van der Waals surface area contributed by atoms with Crippen LogP contribution in [-0.4, -0.2) is 24.9 Å². The maximum absolute atomic E-state index is 5.50. The van der Waals surface area contributed by atoms with E-state index in [1.54, 1.807) is 34.9 Å². The summed E-state index contributed by atoms with van der Waals surface area (Å²) in [6.07, 6.45) is 0. The Hall–Kier alpha value is -2.62. The van der Waals surface area contributed by atoms with Gasteiger partial charge in [0.15, 0.2) is 15.3 Å². The molecule has 156 valence electrons. The zero-order chi connectivity index (χ0) is 21.0. The third-order valence-electron chi connectivity index (χ3n) is 4.68. The first-order chi connectivity index (χ1) is 15.3. The topological polar surface area (TPSA) is 69.6 Å². The second-order valence-corrected chi connectivity index (χ2v) is 9.91. The molecule has 3 aromatic heterocycles. The highest BCUT2D eigenvalue weighted by Gasteiger charge is 2.14. The van der Waals surface area contributed by atoms with Crippen molar-refractivity contribution in [1.29, 1.82) is 0 Å². The lowest BCUT2D eigenvalue weighted by Gasteiger charge is -2.05. The van der Waals surface area contributed by atoms with Crippen LogP contribution in [0.4, 0.5) is 0 Å². The molecule has 0 aliphatic heterocycles. The second-order valence-electron chi connectivity index (χ2n) is 6.72. The van der Waals surface area contributed by atoms with Gasteiger partial charge in [-0.3, -0.25) is 0 Å². The van der Waals surface area contributed by atoms with Gasteiger partial charge in [-0.05, 0) is 19.1 Å². The van der Waals surface area contributed by atoms with E-state index in [0.717, 1.165) is 50.2 Å². The van der Waals surface area contributed by atoms with Crippen LogP contribution in [0.25, 0.3) is 21.5 Å². The van der Waals surface area contributed by atoms with Crippen LogP contribution in [0.2, 0.25) is 0 Å². The Kier molecular flexibility index (Phi) is 6.06. The maximum Gasteiger partial charge on any atom is 0.191 e. The molecular formula is C22H19N5OS3. The van der Waals surface area contributed by atoms with Crippen molar-refractivity contribution < 1.29 is 4.52 Å². The first-order valence-corrected chi connectivity index (χ1v) is 12.6. The number of hydrogen-bond acceptors (Lipinski definition) is 8. The highest BCUT2D eigenvalue weighted by Crippen LogP contribution is 2.32. The summed E-state index contributed by atoms with van der Waals surface area (Å²) < 4.78 is 9.92. The lowest BCUT2D eigenvalue weighted by Crippen LogP contribution is -2.02. The number of benzene rings is 2. The predicted octanol–water partition coefficient (Wildman–Crippen LogP) is 6.15. The molecule has 5 rings (SSSR count). The van der Waals surface area contributed by atoms with Gasteiger partial charge in [0.25, 0.3) is 0 Å². The molecule has 0 N–H and O–H groups in total. The summed E-state index contributed by atoms with van der Waals surface area (Å²) in [5.41, 5.74) is 2.96. The number of para-hydroxylation sites is 1. The fraction of sp³-hybridized carbons (Fsp3) is 0.182. The SMILES string of the molecule is CCn1c(CSc2nc3ccccc3s2)nnc1SCc1cc(-c2ccccc2)on1. The Labute approximate surface area is 192 Å². The Bertz CT molecular complexity index is 1260. The van der Waals surface area contributed by atoms with Gasteiger partial charge in [0, 0.05) is 23.9 Å². The third-order valence-corrected chi connectivity index (χ3v) is 7.85. The first-order valence-electron chi connectivity index (χ1n) is 9.84. The fourth-order valence-electron chi connectivity index (χ4n) is 3.15. The molecule has 9 heteroatoms. The molecule has 0 amide bonds. The van der Waals surface area contributed by atoms with E-state index < -0.39 is 0 Å². The molecule has 0 aliphatic rings. The van der Waals surface area contributed by atoms with Gasteiger partial charge in [-0.2, -0.15) is 0 Å². The predicted molar refractivity (Wildman–Crippen MR) is 126 cm³/mol. The van der Waals surface area contributed by atoms with E-state index in [-0.39, 0.29) is 0 Å². The lowest BCUT2D eigenvalue weighted by atomic mass is 10.2. The van der Waals surface area contributed by atoms with Gasteiger partial charge in [-0.25, -0.2) is 4.98 Å².